The van der Waals surface area contributed by atoms with E-state index in [1.165, 1.54) is 4.90 Å². The topological polar surface area (TPSA) is 58.6 Å². The normalized spacial score (nSPS) is 17.7. The first-order valence-electron chi connectivity index (χ1n) is 7.72. The van der Waals surface area contributed by atoms with Crippen LogP contribution in [0.3, 0.4) is 0 Å². The van der Waals surface area contributed by atoms with Crippen LogP contribution in [0.5, 0.6) is 5.75 Å². The lowest BCUT2D eigenvalue weighted by molar-refractivity contribution is -0.128. The highest BCUT2D eigenvalue weighted by atomic mass is 32.1. The number of hydrogen-bond acceptors (Lipinski definition) is 4. The number of carbonyl (C=O) groups is 2. The summed E-state index contributed by atoms with van der Waals surface area (Å²) in [6, 6.07) is 7.23. The van der Waals surface area contributed by atoms with E-state index < -0.39 is 11.8 Å². The number of thiocarbonyl (C=S) groups is 1. The van der Waals surface area contributed by atoms with Crippen LogP contribution in [0, 0.1) is 0 Å². The van der Waals surface area contributed by atoms with Crippen molar-refractivity contribution in [1.82, 2.24) is 10.2 Å². The second kappa shape index (κ2) is 7.88. The molecule has 1 aliphatic rings. The molecule has 0 saturated carbocycles. The zero-order chi connectivity index (χ0) is 17.7. The van der Waals surface area contributed by atoms with Crippen molar-refractivity contribution in [3.8, 4) is 5.75 Å². The van der Waals surface area contributed by atoms with Crippen LogP contribution in [0.4, 0.5) is 0 Å². The number of nitrogens with one attached hydrogen (secondary N) is 1. The molecule has 0 aliphatic carbocycles. The third kappa shape index (κ3) is 4.08. The smallest absolute Gasteiger partial charge is 0.265 e. The molecule has 0 unspecified atom stereocenters. The lowest BCUT2D eigenvalue weighted by atomic mass is 10.1. The lowest BCUT2D eigenvalue weighted by Gasteiger charge is -2.27. The molecule has 5 nitrogen and oxygen atoms in total. The number of hydrogen-bond donors (Lipinski definition) is 1. The van der Waals surface area contributed by atoms with Gasteiger partial charge >= 0.3 is 0 Å². The quantitative estimate of drug-likeness (QED) is 0.373. The molecule has 1 fully saturated rings. The zero-order valence-corrected chi connectivity index (χ0v) is 14.6. The van der Waals surface area contributed by atoms with Crippen LogP contribution in [-0.2, 0) is 9.59 Å². The molecule has 2 amide bonds. The van der Waals surface area contributed by atoms with Gasteiger partial charge in [-0.15, -0.1) is 6.58 Å². The van der Waals surface area contributed by atoms with Crippen LogP contribution in [0.2, 0.25) is 0 Å². The molecule has 2 rings (SSSR count). The van der Waals surface area contributed by atoms with Gasteiger partial charge in [0.2, 0.25) is 0 Å². The van der Waals surface area contributed by atoms with Gasteiger partial charge in [0.1, 0.15) is 11.3 Å². The minimum Gasteiger partial charge on any atom is -0.491 e. The van der Waals surface area contributed by atoms with Crippen molar-refractivity contribution in [2.75, 3.05) is 6.54 Å². The molecule has 1 aromatic carbocycles. The van der Waals surface area contributed by atoms with Gasteiger partial charge in [-0.2, -0.15) is 0 Å². The zero-order valence-electron chi connectivity index (χ0n) is 13.7. The van der Waals surface area contributed by atoms with Crippen LogP contribution < -0.4 is 10.1 Å². The highest BCUT2D eigenvalue weighted by molar-refractivity contribution is 7.80. The first-order chi connectivity index (χ1) is 11.5. The van der Waals surface area contributed by atoms with Gasteiger partial charge in [0, 0.05) is 6.54 Å². The third-order valence-corrected chi connectivity index (χ3v) is 3.92. The van der Waals surface area contributed by atoms with Gasteiger partial charge in [0.05, 0.1) is 6.10 Å². The Labute approximate surface area is 147 Å². The molecule has 0 aromatic heterocycles. The largest absolute Gasteiger partial charge is 0.491 e. The molecule has 24 heavy (non-hydrogen) atoms. The molecule has 1 saturated heterocycles. The Hall–Kier alpha value is -2.47. The molecule has 1 heterocycles. The van der Waals surface area contributed by atoms with E-state index in [9.17, 15) is 9.59 Å². The average Bonchev–Trinajstić information content (AvgIpc) is 2.56. The van der Waals surface area contributed by atoms with Gasteiger partial charge < -0.3 is 4.74 Å². The second-order valence-electron chi connectivity index (χ2n) is 5.43. The summed E-state index contributed by atoms with van der Waals surface area (Å²) in [5.41, 5.74) is 0.775. The van der Waals surface area contributed by atoms with E-state index in [2.05, 4.69) is 18.8 Å². The number of carbonyl (C=O) groups excluding carboxylic acids is 2. The van der Waals surface area contributed by atoms with E-state index in [-0.39, 0.29) is 23.3 Å². The summed E-state index contributed by atoms with van der Waals surface area (Å²) in [6.45, 7) is 7.89. The molecule has 0 bridgehead atoms. The third-order valence-electron chi connectivity index (χ3n) is 3.60. The molecular weight excluding hydrogens is 324 g/mol. The fourth-order valence-corrected chi connectivity index (χ4v) is 2.36. The minimum absolute atomic E-state index is 0.0426. The van der Waals surface area contributed by atoms with Gasteiger partial charge in [0.15, 0.2) is 5.11 Å². The number of ether oxygens (including phenoxy) is 1. The van der Waals surface area contributed by atoms with Crippen molar-refractivity contribution >= 4 is 35.2 Å². The van der Waals surface area contributed by atoms with E-state index in [1.54, 1.807) is 24.3 Å². The fourth-order valence-electron chi connectivity index (χ4n) is 2.11. The SMILES string of the molecule is C=CCN1C(=O)/C(=C/c2ccc(O[C@H](C)CC)cc2)C(=O)NC1=S. The van der Waals surface area contributed by atoms with E-state index in [0.717, 1.165) is 17.7 Å². The lowest BCUT2D eigenvalue weighted by Crippen LogP contribution is -2.53. The number of amides is 2. The van der Waals surface area contributed by atoms with Crippen LogP contribution in [0.15, 0.2) is 42.5 Å². The standard InChI is InChI=1S/C18H20N2O3S/c1-4-10-20-17(22)15(16(21)19-18(20)24)11-13-6-8-14(9-7-13)23-12(3)5-2/h4,6-9,11-12H,1,5,10H2,2-3H3,(H,19,21,24)/b15-11+/t12-/m1/s1. The molecule has 1 atom stereocenters. The highest BCUT2D eigenvalue weighted by Crippen LogP contribution is 2.19. The van der Waals surface area contributed by atoms with Gasteiger partial charge in [-0.25, -0.2) is 0 Å². The Kier molecular flexibility index (Phi) is 5.87. The molecule has 6 heteroatoms. The van der Waals surface area contributed by atoms with E-state index >= 15 is 0 Å². The highest BCUT2D eigenvalue weighted by Gasteiger charge is 2.32. The summed E-state index contributed by atoms with van der Waals surface area (Å²) in [5.74, 6) is -0.172. The molecule has 1 aliphatic heterocycles. The molecule has 1 N–H and O–H groups in total. The van der Waals surface area contributed by atoms with E-state index in [0.29, 0.717) is 0 Å². The second-order valence-corrected chi connectivity index (χ2v) is 5.81. The number of nitrogens with zero attached hydrogens (tertiary/aromatic N) is 1. The van der Waals surface area contributed by atoms with Gasteiger partial charge in [-0.1, -0.05) is 25.1 Å². The monoisotopic (exact) mass is 344 g/mol. The number of rotatable bonds is 6. The van der Waals surface area contributed by atoms with Crippen molar-refractivity contribution < 1.29 is 14.3 Å². The Morgan fingerprint density at radius 2 is 2.00 bits per heavy atom. The van der Waals surface area contributed by atoms with Crippen molar-refractivity contribution in [2.45, 2.75) is 26.4 Å². The van der Waals surface area contributed by atoms with Gasteiger partial charge in [-0.3, -0.25) is 19.8 Å². The number of benzene rings is 1. The van der Waals surface area contributed by atoms with Crippen LogP contribution in [0.1, 0.15) is 25.8 Å². The Balaban J connectivity index is 2.22. The molecule has 0 radical (unpaired) electrons. The van der Waals surface area contributed by atoms with Crippen LogP contribution in [0.25, 0.3) is 6.08 Å². The van der Waals surface area contributed by atoms with Crippen molar-refractivity contribution in [2.24, 2.45) is 0 Å². The summed E-state index contributed by atoms with van der Waals surface area (Å²) in [6.07, 6.45) is 4.15. The predicted molar refractivity (Wildman–Crippen MR) is 97.5 cm³/mol. The van der Waals surface area contributed by atoms with Crippen LogP contribution in [-0.4, -0.2) is 34.5 Å². The first kappa shape index (κ1) is 17.9. The van der Waals surface area contributed by atoms with Crippen molar-refractivity contribution in [3.05, 3.63) is 48.1 Å². The summed E-state index contributed by atoms with van der Waals surface area (Å²) in [5, 5.41) is 2.61. The van der Waals surface area contributed by atoms with Crippen molar-refractivity contribution in [1.29, 1.82) is 0 Å². The average molecular weight is 344 g/mol. The summed E-state index contributed by atoms with van der Waals surface area (Å²) < 4.78 is 5.71. The van der Waals surface area contributed by atoms with Gasteiger partial charge in [0.25, 0.3) is 11.8 Å². The van der Waals surface area contributed by atoms with Crippen LogP contribution >= 0.6 is 12.2 Å². The molecule has 126 valence electrons. The Bertz CT molecular complexity index is 695. The van der Waals surface area contributed by atoms with Crippen molar-refractivity contribution in [3.63, 3.8) is 0 Å². The summed E-state index contributed by atoms with van der Waals surface area (Å²) >= 11 is 5.01. The Morgan fingerprint density at radius 1 is 1.33 bits per heavy atom. The molecule has 0 spiro atoms. The Morgan fingerprint density at radius 3 is 2.58 bits per heavy atom. The summed E-state index contributed by atoms with van der Waals surface area (Å²) in [4.78, 5) is 25.8. The summed E-state index contributed by atoms with van der Waals surface area (Å²) in [7, 11) is 0. The van der Waals surface area contributed by atoms with Gasteiger partial charge in [-0.05, 0) is 49.3 Å². The maximum Gasteiger partial charge on any atom is 0.265 e. The fraction of sp³-hybridized carbons (Fsp3) is 0.278. The minimum atomic E-state index is -0.495. The first-order valence-corrected chi connectivity index (χ1v) is 8.13. The van der Waals surface area contributed by atoms with E-state index in [1.807, 2.05) is 19.1 Å². The predicted octanol–water partition coefficient (Wildman–Crippen LogP) is 2.68. The maximum atomic E-state index is 12.4. The van der Waals surface area contributed by atoms with E-state index in [4.69, 9.17) is 17.0 Å². The molecular formula is C18H20N2O3S. The maximum absolute atomic E-state index is 12.4. The molecule has 1 aromatic rings.